The van der Waals surface area contributed by atoms with E-state index in [1.54, 1.807) is 0 Å². The minimum atomic E-state index is -0.547. The van der Waals surface area contributed by atoms with Crippen LogP contribution in [0.3, 0.4) is 0 Å². The lowest BCUT2D eigenvalue weighted by Gasteiger charge is -2.16. The fourth-order valence-corrected chi connectivity index (χ4v) is 6.27. The lowest BCUT2D eigenvalue weighted by molar-refractivity contribution is -0.154. The number of unbranched alkanes of at least 4 members (excludes halogenated alkanes) is 20. The zero-order valence-electron chi connectivity index (χ0n) is 36.2. The molecule has 1 atom stereocenters. The second-order valence-electron chi connectivity index (χ2n) is 15.1. The van der Waals surface area contributed by atoms with Gasteiger partial charge in [-0.15, -0.1) is 0 Å². The highest BCUT2D eigenvalue weighted by Gasteiger charge is 2.13. The maximum Gasteiger partial charge on any atom is 0.306 e. The van der Waals surface area contributed by atoms with Gasteiger partial charge in [-0.2, -0.15) is 0 Å². The summed E-state index contributed by atoms with van der Waals surface area (Å²) in [6.45, 7) is 5.19. The number of esters is 1. The van der Waals surface area contributed by atoms with E-state index in [1.807, 2.05) is 0 Å². The first-order chi connectivity index (χ1) is 27.2. The maximum absolute atomic E-state index is 12.2. The average Bonchev–Trinajstić information content (AvgIpc) is 3.19. The van der Waals surface area contributed by atoms with Crippen LogP contribution < -0.4 is 0 Å². The summed E-state index contributed by atoms with van der Waals surface area (Å²) in [7, 11) is 0. The van der Waals surface area contributed by atoms with Crippen LogP contribution in [0.15, 0.2) is 85.1 Å². The van der Waals surface area contributed by atoms with Crippen LogP contribution in [0.25, 0.3) is 0 Å². The zero-order chi connectivity index (χ0) is 39.8. The Hall–Kier alpha value is -2.43. The summed E-state index contributed by atoms with van der Waals surface area (Å²) in [5.74, 6) is -0.215. The number of ether oxygens (including phenoxy) is 2. The van der Waals surface area contributed by atoms with Crippen molar-refractivity contribution in [3.05, 3.63) is 85.1 Å². The second kappa shape index (κ2) is 47.7. The van der Waals surface area contributed by atoms with Crippen LogP contribution in [0.2, 0.25) is 0 Å². The molecule has 0 aliphatic carbocycles. The van der Waals surface area contributed by atoms with Crippen LogP contribution in [-0.2, 0) is 14.3 Å². The lowest BCUT2D eigenvalue weighted by Crippen LogP contribution is -2.27. The van der Waals surface area contributed by atoms with Gasteiger partial charge in [-0.05, 0) is 89.9 Å². The van der Waals surface area contributed by atoms with E-state index < -0.39 is 6.10 Å². The molecule has 1 N–H and O–H groups in total. The minimum Gasteiger partial charge on any atom is -0.457 e. The van der Waals surface area contributed by atoms with E-state index in [4.69, 9.17) is 9.47 Å². The molecule has 55 heavy (non-hydrogen) atoms. The van der Waals surface area contributed by atoms with Crippen LogP contribution in [-0.4, -0.2) is 37.0 Å². The van der Waals surface area contributed by atoms with Gasteiger partial charge in [0.25, 0.3) is 0 Å². The van der Waals surface area contributed by atoms with Crippen molar-refractivity contribution in [2.75, 3.05) is 19.8 Å². The Morgan fingerprint density at radius 2 is 0.818 bits per heavy atom. The van der Waals surface area contributed by atoms with Crippen LogP contribution in [0, 0.1) is 0 Å². The van der Waals surface area contributed by atoms with Gasteiger partial charge in [0.05, 0.1) is 13.2 Å². The van der Waals surface area contributed by atoms with Gasteiger partial charge in [-0.25, -0.2) is 0 Å². The van der Waals surface area contributed by atoms with Gasteiger partial charge in [0.15, 0.2) is 0 Å². The molecule has 4 nitrogen and oxygen atoms in total. The van der Waals surface area contributed by atoms with Crippen molar-refractivity contribution in [2.24, 2.45) is 0 Å². The van der Waals surface area contributed by atoms with Gasteiger partial charge >= 0.3 is 5.97 Å². The largest absolute Gasteiger partial charge is 0.457 e. The third-order valence-corrected chi connectivity index (χ3v) is 9.70. The normalized spacial score (nSPS) is 13.1. The molecular formula is C51H88O4. The molecule has 0 fully saturated rings. The molecule has 0 radical (unpaired) electrons. The van der Waals surface area contributed by atoms with Gasteiger partial charge < -0.3 is 14.6 Å². The van der Waals surface area contributed by atoms with Crippen molar-refractivity contribution < 1.29 is 19.4 Å². The Balaban J connectivity index is 3.49. The van der Waals surface area contributed by atoms with Gasteiger partial charge in [-0.3, -0.25) is 4.79 Å². The first-order valence-electron chi connectivity index (χ1n) is 23.2. The Bertz CT molecular complexity index is 985. The quantitative estimate of drug-likeness (QED) is 0.0382. The molecule has 0 aliphatic heterocycles. The highest BCUT2D eigenvalue weighted by Crippen LogP contribution is 2.13. The number of aliphatic hydroxyl groups is 1. The maximum atomic E-state index is 12.2. The summed E-state index contributed by atoms with van der Waals surface area (Å²) in [4.78, 5) is 12.2. The minimum absolute atomic E-state index is 0.182. The number of hydrogen-bond acceptors (Lipinski definition) is 4. The van der Waals surface area contributed by atoms with Gasteiger partial charge in [0.1, 0.15) is 6.10 Å². The van der Waals surface area contributed by atoms with Crippen molar-refractivity contribution in [1.29, 1.82) is 0 Å². The number of rotatable bonds is 42. The van der Waals surface area contributed by atoms with Crippen molar-refractivity contribution in [1.82, 2.24) is 0 Å². The van der Waals surface area contributed by atoms with E-state index in [2.05, 4.69) is 98.9 Å². The molecule has 0 aromatic rings. The van der Waals surface area contributed by atoms with E-state index in [0.29, 0.717) is 13.0 Å². The standard InChI is InChI=1S/C51H88O4/c1-3-5-7-9-11-13-15-17-19-21-23-25-26-27-28-30-32-34-36-38-40-42-44-46-51(53)55-50(48-52)49-54-47-45-43-41-39-37-35-33-31-29-24-22-20-18-16-14-12-10-8-6-4-2/h5,7,11-14,17-20,23,25,27-28,50,52H,3-4,6,8-10,15-16,21-22,24,26,29-49H2,1-2H3/b7-5-,13-11-,14-12-,19-17-,20-18-,25-23-,28-27-. The van der Waals surface area contributed by atoms with Crippen LogP contribution in [0.4, 0.5) is 0 Å². The Morgan fingerprint density at radius 3 is 1.24 bits per heavy atom. The Morgan fingerprint density at radius 1 is 0.455 bits per heavy atom. The summed E-state index contributed by atoms with van der Waals surface area (Å²) >= 11 is 0. The van der Waals surface area contributed by atoms with Crippen LogP contribution in [0.1, 0.15) is 206 Å². The molecule has 0 heterocycles. The average molecular weight is 765 g/mol. The number of carbonyl (C=O) groups excluding carboxylic acids is 1. The van der Waals surface area contributed by atoms with E-state index >= 15 is 0 Å². The van der Waals surface area contributed by atoms with E-state index in [1.165, 1.54) is 116 Å². The summed E-state index contributed by atoms with van der Waals surface area (Å²) in [6.07, 6.45) is 66.5. The molecule has 0 aliphatic rings. The number of aliphatic hydroxyl groups excluding tert-OH is 1. The summed E-state index contributed by atoms with van der Waals surface area (Å²) in [5, 5.41) is 9.63. The molecule has 316 valence electrons. The number of hydrogen-bond donors (Lipinski definition) is 1. The predicted molar refractivity (Wildman–Crippen MR) is 242 cm³/mol. The number of carbonyl (C=O) groups is 1. The first kappa shape index (κ1) is 52.6. The first-order valence-corrected chi connectivity index (χ1v) is 23.2. The lowest BCUT2D eigenvalue weighted by atomic mass is 10.1. The summed E-state index contributed by atoms with van der Waals surface area (Å²) < 4.78 is 11.2. The SMILES string of the molecule is CC/C=C\C/C=C\C/C=C\C/C=C\C/C=C\CCCCCCCCCC(=O)OC(CO)COCCCCCCCCCCCC/C=C\C/C=C\CCCCC. The predicted octanol–water partition coefficient (Wildman–Crippen LogP) is 15.5. The van der Waals surface area contributed by atoms with Crippen molar-refractivity contribution in [3.63, 3.8) is 0 Å². The van der Waals surface area contributed by atoms with Crippen LogP contribution >= 0.6 is 0 Å². The second-order valence-corrected chi connectivity index (χ2v) is 15.1. The van der Waals surface area contributed by atoms with E-state index in [0.717, 1.165) is 70.6 Å². The third kappa shape index (κ3) is 45.9. The molecule has 0 aromatic heterocycles. The van der Waals surface area contributed by atoms with E-state index in [9.17, 15) is 9.90 Å². The fraction of sp³-hybridized carbons (Fsp3) is 0.706. The monoisotopic (exact) mass is 765 g/mol. The smallest absolute Gasteiger partial charge is 0.306 e. The fourth-order valence-electron chi connectivity index (χ4n) is 6.27. The van der Waals surface area contributed by atoms with Gasteiger partial charge in [0.2, 0.25) is 0 Å². The van der Waals surface area contributed by atoms with Crippen LogP contribution in [0.5, 0.6) is 0 Å². The molecule has 0 saturated heterocycles. The molecule has 0 rings (SSSR count). The zero-order valence-corrected chi connectivity index (χ0v) is 36.2. The van der Waals surface area contributed by atoms with Crippen molar-refractivity contribution >= 4 is 5.97 Å². The van der Waals surface area contributed by atoms with Crippen molar-refractivity contribution in [2.45, 2.75) is 213 Å². The third-order valence-electron chi connectivity index (χ3n) is 9.70. The Kier molecular flexibility index (Phi) is 45.6. The number of allylic oxidation sites excluding steroid dienone is 14. The van der Waals surface area contributed by atoms with Crippen molar-refractivity contribution in [3.8, 4) is 0 Å². The summed E-state index contributed by atoms with van der Waals surface area (Å²) in [6, 6.07) is 0. The topological polar surface area (TPSA) is 55.8 Å². The Labute approximate surface area is 341 Å². The van der Waals surface area contributed by atoms with Gasteiger partial charge in [-0.1, -0.05) is 195 Å². The van der Waals surface area contributed by atoms with Gasteiger partial charge in [0, 0.05) is 13.0 Å². The summed E-state index contributed by atoms with van der Waals surface area (Å²) in [5.41, 5.74) is 0. The molecule has 1 unspecified atom stereocenters. The molecule has 0 amide bonds. The molecule has 4 heteroatoms. The molecule has 0 aromatic carbocycles. The molecule has 0 saturated carbocycles. The molecule has 0 bridgehead atoms. The molecule has 0 spiro atoms. The van der Waals surface area contributed by atoms with E-state index in [-0.39, 0.29) is 19.2 Å². The highest BCUT2D eigenvalue weighted by molar-refractivity contribution is 5.69. The molecular weight excluding hydrogens is 677 g/mol. The highest BCUT2D eigenvalue weighted by atomic mass is 16.6.